The average Bonchev–Trinajstić information content (AvgIpc) is 3.04. The van der Waals surface area contributed by atoms with E-state index in [1.807, 2.05) is 12.1 Å². The van der Waals surface area contributed by atoms with Crippen LogP contribution in [0, 0.1) is 13.8 Å². The van der Waals surface area contributed by atoms with Crippen LogP contribution in [0.1, 0.15) is 11.1 Å². The lowest BCUT2D eigenvalue weighted by Crippen LogP contribution is -1.97. The summed E-state index contributed by atoms with van der Waals surface area (Å²) >= 11 is 13.5. The monoisotopic (exact) mass is 415 g/mol. The number of benzene rings is 2. The van der Waals surface area contributed by atoms with E-state index in [2.05, 4.69) is 46.2 Å². The van der Waals surface area contributed by atoms with Crippen LogP contribution in [0.3, 0.4) is 0 Å². The minimum atomic E-state index is 0.326. The van der Waals surface area contributed by atoms with E-state index in [0.29, 0.717) is 32.0 Å². The maximum absolute atomic E-state index is 6.14. The van der Waals surface area contributed by atoms with Crippen molar-refractivity contribution in [2.24, 2.45) is 0 Å². The summed E-state index contributed by atoms with van der Waals surface area (Å²) in [5.41, 5.74) is 10.8. The molecule has 5 nitrogen and oxygen atoms in total. The Morgan fingerprint density at radius 3 is 2.41 bits per heavy atom. The molecular formula is C19H15Cl2N5S. The third-order valence-corrected chi connectivity index (χ3v) is 5.78. The van der Waals surface area contributed by atoms with Gasteiger partial charge in [-0.2, -0.15) is 0 Å². The Balaban J connectivity index is 1.76. The van der Waals surface area contributed by atoms with Gasteiger partial charge in [0, 0.05) is 11.3 Å². The lowest BCUT2D eigenvalue weighted by Gasteiger charge is -2.09. The van der Waals surface area contributed by atoms with Crippen LogP contribution in [0.25, 0.3) is 21.7 Å². The van der Waals surface area contributed by atoms with E-state index in [0.717, 1.165) is 27.5 Å². The minimum Gasteiger partial charge on any atom is -0.382 e. The number of nitrogen functional groups attached to an aromatic ring is 1. The number of rotatable bonds is 3. The summed E-state index contributed by atoms with van der Waals surface area (Å²) < 4.78 is 0. The summed E-state index contributed by atoms with van der Waals surface area (Å²) in [6.07, 6.45) is 0. The van der Waals surface area contributed by atoms with Crippen molar-refractivity contribution < 1.29 is 0 Å². The van der Waals surface area contributed by atoms with Gasteiger partial charge in [0.1, 0.15) is 5.52 Å². The Kier molecular flexibility index (Phi) is 4.63. The van der Waals surface area contributed by atoms with Gasteiger partial charge in [-0.3, -0.25) is 0 Å². The molecule has 0 saturated heterocycles. The number of fused-ring (bicyclic) bond motifs is 1. The van der Waals surface area contributed by atoms with E-state index in [4.69, 9.17) is 28.9 Å². The second-order valence-corrected chi connectivity index (χ2v) is 7.92. The first-order valence-corrected chi connectivity index (χ1v) is 9.72. The van der Waals surface area contributed by atoms with Crippen molar-refractivity contribution in [2.45, 2.75) is 13.8 Å². The maximum atomic E-state index is 6.14. The molecule has 0 saturated carbocycles. The fraction of sp³-hybridized carbons (Fsp3) is 0.105. The highest BCUT2D eigenvalue weighted by atomic mass is 35.5. The summed E-state index contributed by atoms with van der Waals surface area (Å²) in [5, 5.41) is 5.02. The molecule has 0 aliphatic heterocycles. The van der Waals surface area contributed by atoms with Gasteiger partial charge >= 0.3 is 0 Å². The van der Waals surface area contributed by atoms with Gasteiger partial charge in [-0.05, 0) is 43.2 Å². The molecule has 2 aromatic heterocycles. The van der Waals surface area contributed by atoms with Crippen LogP contribution in [0.15, 0.2) is 36.4 Å². The molecule has 0 aliphatic rings. The molecule has 0 amide bonds. The largest absolute Gasteiger partial charge is 0.382 e. The number of anilines is 3. The number of aromatic nitrogens is 3. The van der Waals surface area contributed by atoms with Crippen LogP contribution < -0.4 is 11.1 Å². The number of para-hydroxylation sites is 1. The molecule has 0 bridgehead atoms. The van der Waals surface area contributed by atoms with Crippen molar-refractivity contribution >= 4 is 61.5 Å². The highest BCUT2D eigenvalue weighted by molar-refractivity contribution is 7.21. The van der Waals surface area contributed by atoms with Crippen LogP contribution in [-0.2, 0) is 0 Å². The highest BCUT2D eigenvalue weighted by Crippen LogP contribution is 2.34. The van der Waals surface area contributed by atoms with Crippen LogP contribution in [-0.4, -0.2) is 15.0 Å². The van der Waals surface area contributed by atoms with Crippen LogP contribution >= 0.6 is 34.5 Å². The Bertz CT molecular complexity index is 1150. The molecule has 0 aliphatic carbocycles. The van der Waals surface area contributed by atoms with Crippen molar-refractivity contribution in [1.82, 2.24) is 15.0 Å². The van der Waals surface area contributed by atoms with Gasteiger partial charge < -0.3 is 11.1 Å². The van der Waals surface area contributed by atoms with Crippen molar-refractivity contribution in [3.8, 4) is 11.4 Å². The fourth-order valence-corrected chi connectivity index (χ4v) is 3.93. The first-order chi connectivity index (χ1) is 12.9. The van der Waals surface area contributed by atoms with E-state index in [9.17, 15) is 0 Å². The molecular weight excluding hydrogens is 401 g/mol. The van der Waals surface area contributed by atoms with Gasteiger partial charge in [0.2, 0.25) is 0 Å². The topological polar surface area (TPSA) is 76.7 Å². The molecule has 4 rings (SSSR count). The predicted molar refractivity (Wildman–Crippen MR) is 114 cm³/mol. The van der Waals surface area contributed by atoms with Gasteiger partial charge in [0.25, 0.3) is 0 Å². The van der Waals surface area contributed by atoms with E-state index >= 15 is 0 Å². The Hall–Kier alpha value is -2.41. The van der Waals surface area contributed by atoms with Crippen LogP contribution in [0.2, 0.25) is 10.0 Å². The molecule has 0 unspecified atom stereocenters. The summed E-state index contributed by atoms with van der Waals surface area (Å²) in [7, 11) is 0. The van der Waals surface area contributed by atoms with Crippen LogP contribution in [0.4, 0.5) is 16.6 Å². The average molecular weight is 416 g/mol. The zero-order valence-corrected chi connectivity index (χ0v) is 16.9. The number of aryl methyl sites for hydroxylation is 2. The summed E-state index contributed by atoms with van der Waals surface area (Å²) in [6, 6.07) is 11.4. The molecule has 0 spiro atoms. The van der Waals surface area contributed by atoms with Gasteiger partial charge in [-0.25, -0.2) is 15.0 Å². The smallest absolute Gasteiger partial charge is 0.189 e. The number of hydrogen-bond donors (Lipinski definition) is 2. The van der Waals surface area contributed by atoms with Gasteiger partial charge in [-0.15, -0.1) is 0 Å². The number of halogens is 2. The number of thiazole rings is 1. The SMILES string of the molecule is Cc1cccc(C)c1Nc1nc2c(N)nc(-c3ccc(Cl)c(Cl)c3)nc2s1. The molecule has 8 heteroatoms. The Morgan fingerprint density at radius 1 is 0.963 bits per heavy atom. The third kappa shape index (κ3) is 3.43. The molecule has 27 heavy (non-hydrogen) atoms. The zero-order valence-electron chi connectivity index (χ0n) is 14.5. The summed E-state index contributed by atoms with van der Waals surface area (Å²) in [5.74, 6) is 0.813. The van der Waals surface area contributed by atoms with E-state index in [1.54, 1.807) is 12.1 Å². The number of hydrogen-bond acceptors (Lipinski definition) is 6. The van der Waals surface area contributed by atoms with Crippen molar-refractivity contribution in [3.63, 3.8) is 0 Å². The zero-order chi connectivity index (χ0) is 19.1. The Labute approximate surface area is 170 Å². The minimum absolute atomic E-state index is 0.326. The molecule has 2 aromatic carbocycles. The maximum Gasteiger partial charge on any atom is 0.189 e. The molecule has 136 valence electrons. The quantitative estimate of drug-likeness (QED) is 0.428. The standard InChI is InChI=1S/C19H15Cl2N5S/c1-9-4-3-5-10(2)14(9)23-19-24-15-16(22)25-17(26-18(15)27-19)11-6-7-12(20)13(21)8-11/h3-8H,1-2H3,(H,23,24)(H2,22,25,26). The third-order valence-electron chi connectivity index (χ3n) is 4.18. The molecule has 0 radical (unpaired) electrons. The molecule has 4 aromatic rings. The molecule has 0 fully saturated rings. The lowest BCUT2D eigenvalue weighted by atomic mass is 10.1. The first-order valence-electron chi connectivity index (χ1n) is 8.15. The highest BCUT2D eigenvalue weighted by Gasteiger charge is 2.14. The van der Waals surface area contributed by atoms with Crippen LogP contribution in [0.5, 0.6) is 0 Å². The van der Waals surface area contributed by atoms with Gasteiger partial charge in [0.05, 0.1) is 10.0 Å². The second kappa shape index (κ2) is 6.96. The predicted octanol–water partition coefficient (Wildman–Crippen LogP) is 6.00. The van der Waals surface area contributed by atoms with Crippen molar-refractivity contribution in [1.29, 1.82) is 0 Å². The summed E-state index contributed by atoms with van der Waals surface area (Å²) in [6.45, 7) is 4.11. The van der Waals surface area contributed by atoms with Crippen molar-refractivity contribution in [3.05, 3.63) is 57.6 Å². The van der Waals surface area contributed by atoms with E-state index < -0.39 is 0 Å². The fourth-order valence-electron chi connectivity index (χ4n) is 2.78. The summed E-state index contributed by atoms with van der Waals surface area (Å²) in [4.78, 5) is 14.3. The Morgan fingerprint density at radius 2 is 1.70 bits per heavy atom. The van der Waals surface area contributed by atoms with Crippen molar-refractivity contribution in [2.75, 3.05) is 11.1 Å². The molecule has 3 N–H and O–H groups in total. The molecule has 2 heterocycles. The van der Waals surface area contributed by atoms with Gasteiger partial charge in [-0.1, -0.05) is 52.7 Å². The normalized spacial score (nSPS) is 11.1. The first kappa shape index (κ1) is 18.0. The lowest BCUT2D eigenvalue weighted by molar-refractivity contribution is 1.23. The van der Waals surface area contributed by atoms with E-state index in [-0.39, 0.29) is 0 Å². The number of nitrogens with one attached hydrogen (secondary N) is 1. The molecule has 0 atom stereocenters. The number of nitrogens with zero attached hydrogens (tertiary/aromatic N) is 3. The van der Waals surface area contributed by atoms with E-state index in [1.165, 1.54) is 11.3 Å². The number of nitrogens with two attached hydrogens (primary N) is 1. The van der Waals surface area contributed by atoms with Gasteiger partial charge in [0.15, 0.2) is 21.6 Å². The second-order valence-electron chi connectivity index (χ2n) is 6.13.